The van der Waals surface area contributed by atoms with E-state index in [1.807, 2.05) is 24.4 Å². The lowest BCUT2D eigenvalue weighted by atomic mass is 10.2. The van der Waals surface area contributed by atoms with Crippen LogP contribution in [0.2, 0.25) is 0 Å². The molecular weight excluding hydrogens is 336 g/mol. The first-order chi connectivity index (χ1) is 9.61. The summed E-state index contributed by atoms with van der Waals surface area (Å²) in [7, 11) is 0. The predicted octanol–water partition coefficient (Wildman–Crippen LogP) is 5.19. The molecule has 0 spiro atoms. The molecule has 20 heavy (non-hydrogen) atoms. The molecule has 3 aromatic heterocycles. The molecule has 0 saturated heterocycles. The molecule has 0 unspecified atom stereocenters. The standard InChI is InChI=1S/C15H11BrN2OS/c1-8-9(2)20-15-17-12(7-18(8)15)14-6-10-5-11(16)3-4-13(10)19-14/h3-7H,1-2H3. The molecule has 0 aliphatic carbocycles. The third-order valence-corrected chi connectivity index (χ3v) is 5.09. The first-order valence-electron chi connectivity index (χ1n) is 6.26. The smallest absolute Gasteiger partial charge is 0.194 e. The molecule has 5 heteroatoms. The highest BCUT2D eigenvalue weighted by atomic mass is 79.9. The van der Waals surface area contributed by atoms with Gasteiger partial charge in [-0.25, -0.2) is 4.98 Å². The molecule has 1 aromatic carbocycles. The van der Waals surface area contributed by atoms with Crippen LogP contribution < -0.4 is 0 Å². The largest absolute Gasteiger partial charge is 0.454 e. The van der Waals surface area contributed by atoms with E-state index in [0.717, 1.165) is 31.9 Å². The molecule has 0 aliphatic heterocycles. The highest BCUT2D eigenvalue weighted by Gasteiger charge is 2.13. The van der Waals surface area contributed by atoms with Gasteiger partial charge in [0, 0.05) is 26.6 Å². The third kappa shape index (κ3) is 1.73. The minimum absolute atomic E-state index is 0.811. The van der Waals surface area contributed by atoms with Crippen molar-refractivity contribution < 1.29 is 4.42 Å². The van der Waals surface area contributed by atoms with Gasteiger partial charge in [0.1, 0.15) is 11.3 Å². The fourth-order valence-corrected chi connectivity index (χ4v) is 3.65. The number of rotatable bonds is 1. The molecular formula is C15H11BrN2OS. The summed E-state index contributed by atoms with van der Waals surface area (Å²) in [4.78, 5) is 6.97. The number of hydrogen-bond donors (Lipinski definition) is 0. The number of hydrogen-bond acceptors (Lipinski definition) is 3. The second kappa shape index (κ2) is 4.20. The summed E-state index contributed by atoms with van der Waals surface area (Å²) < 4.78 is 9.06. The zero-order valence-corrected chi connectivity index (χ0v) is 13.4. The monoisotopic (exact) mass is 346 g/mol. The van der Waals surface area contributed by atoms with E-state index in [9.17, 15) is 0 Å². The summed E-state index contributed by atoms with van der Waals surface area (Å²) in [5.41, 5.74) is 3.00. The molecule has 0 atom stereocenters. The van der Waals surface area contributed by atoms with E-state index in [1.165, 1.54) is 10.6 Å². The average Bonchev–Trinajstić information content (AvgIpc) is 3.05. The number of furan rings is 1. The molecule has 0 radical (unpaired) electrons. The number of thiazole rings is 1. The van der Waals surface area contributed by atoms with Crippen molar-refractivity contribution >= 4 is 43.2 Å². The lowest BCUT2D eigenvalue weighted by Crippen LogP contribution is -1.81. The highest BCUT2D eigenvalue weighted by molar-refractivity contribution is 9.10. The molecule has 0 amide bonds. The van der Waals surface area contributed by atoms with E-state index in [0.29, 0.717) is 0 Å². The van der Waals surface area contributed by atoms with Crippen molar-refractivity contribution in [1.29, 1.82) is 0 Å². The SMILES string of the molecule is Cc1sc2nc(-c3cc4cc(Br)ccc4o3)cn2c1C. The van der Waals surface area contributed by atoms with Crippen LogP contribution >= 0.6 is 27.3 Å². The predicted molar refractivity (Wildman–Crippen MR) is 85.5 cm³/mol. The van der Waals surface area contributed by atoms with Gasteiger partial charge in [-0.15, -0.1) is 11.3 Å². The van der Waals surface area contributed by atoms with Crippen LogP contribution in [0.1, 0.15) is 10.6 Å². The van der Waals surface area contributed by atoms with Crippen LogP contribution in [0.5, 0.6) is 0 Å². The zero-order valence-electron chi connectivity index (χ0n) is 11.0. The Morgan fingerprint density at radius 1 is 1.25 bits per heavy atom. The van der Waals surface area contributed by atoms with Gasteiger partial charge in [0.25, 0.3) is 0 Å². The molecule has 0 fully saturated rings. The lowest BCUT2D eigenvalue weighted by Gasteiger charge is -1.90. The number of fused-ring (bicyclic) bond motifs is 2. The van der Waals surface area contributed by atoms with Crippen LogP contribution in [0.15, 0.2) is 39.4 Å². The van der Waals surface area contributed by atoms with Crippen molar-refractivity contribution in [3.63, 3.8) is 0 Å². The van der Waals surface area contributed by atoms with E-state index in [4.69, 9.17) is 4.42 Å². The number of halogens is 1. The van der Waals surface area contributed by atoms with Gasteiger partial charge in [-0.05, 0) is 38.1 Å². The molecule has 0 N–H and O–H groups in total. The quantitative estimate of drug-likeness (QED) is 0.474. The topological polar surface area (TPSA) is 30.4 Å². The zero-order chi connectivity index (χ0) is 13.9. The van der Waals surface area contributed by atoms with Gasteiger partial charge in [-0.2, -0.15) is 0 Å². The molecule has 3 nitrogen and oxygen atoms in total. The number of imidazole rings is 1. The van der Waals surface area contributed by atoms with Crippen LogP contribution in [0.4, 0.5) is 0 Å². The minimum atomic E-state index is 0.811. The second-order valence-electron chi connectivity index (χ2n) is 4.82. The molecule has 4 rings (SSSR count). The molecule has 0 saturated carbocycles. The summed E-state index contributed by atoms with van der Waals surface area (Å²) in [6.45, 7) is 4.23. The van der Waals surface area contributed by atoms with E-state index < -0.39 is 0 Å². The van der Waals surface area contributed by atoms with Crippen molar-refractivity contribution in [1.82, 2.24) is 9.38 Å². The van der Waals surface area contributed by atoms with E-state index in [-0.39, 0.29) is 0 Å². The highest BCUT2D eigenvalue weighted by Crippen LogP contribution is 2.31. The van der Waals surface area contributed by atoms with Crippen LogP contribution in [0.25, 0.3) is 27.4 Å². The summed E-state index contributed by atoms with van der Waals surface area (Å²) >= 11 is 5.18. The van der Waals surface area contributed by atoms with Crippen LogP contribution in [-0.4, -0.2) is 9.38 Å². The minimum Gasteiger partial charge on any atom is -0.454 e. The normalized spacial score (nSPS) is 11.8. The molecule has 0 aliphatic rings. The Labute approximate surface area is 128 Å². The Morgan fingerprint density at radius 3 is 2.90 bits per heavy atom. The summed E-state index contributed by atoms with van der Waals surface area (Å²) in [6, 6.07) is 8.04. The van der Waals surface area contributed by atoms with Crippen LogP contribution in [0.3, 0.4) is 0 Å². The van der Waals surface area contributed by atoms with E-state index in [1.54, 1.807) is 11.3 Å². The number of aromatic nitrogens is 2. The van der Waals surface area contributed by atoms with Gasteiger partial charge in [0.2, 0.25) is 0 Å². The fraction of sp³-hybridized carbons (Fsp3) is 0.133. The van der Waals surface area contributed by atoms with Crippen LogP contribution in [-0.2, 0) is 0 Å². The van der Waals surface area contributed by atoms with Gasteiger partial charge in [-0.1, -0.05) is 15.9 Å². The number of nitrogens with zero attached hydrogens (tertiary/aromatic N) is 2. The van der Waals surface area contributed by atoms with Crippen molar-refractivity contribution in [3.05, 3.63) is 45.5 Å². The van der Waals surface area contributed by atoms with Crippen molar-refractivity contribution in [2.24, 2.45) is 0 Å². The van der Waals surface area contributed by atoms with Gasteiger partial charge in [0.15, 0.2) is 10.7 Å². The second-order valence-corrected chi connectivity index (χ2v) is 6.91. The first kappa shape index (κ1) is 12.2. The number of benzene rings is 1. The third-order valence-electron chi connectivity index (χ3n) is 3.52. The van der Waals surface area contributed by atoms with Gasteiger partial charge >= 0.3 is 0 Å². The summed E-state index contributed by atoms with van der Waals surface area (Å²) in [5.74, 6) is 0.811. The van der Waals surface area contributed by atoms with Crippen molar-refractivity contribution in [2.45, 2.75) is 13.8 Å². The Kier molecular flexibility index (Phi) is 2.56. The van der Waals surface area contributed by atoms with Crippen LogP contribution in [0, 0.1) is 13.8 Å². The van der Waals surface area contributed by atoms with Gasteiger partial charge < -0.3 is 4.42 Å². The van der Waals surface area contributed by atoms with E-state index in [2.05, 4.69) is 45.2 Å². The summed E-state index contributed by atoms with van der Waals surface area (Å²) in [6.07, 6.45) is 2.04. The Bertz CT molecular complexity index is 948. The number of aryl methyl sites for hydroxylation is 2. The molecule has 4 aromatic rings. The maximum atomic E-state index is 5.89. The Hall–Kier alpha value is -1.59. The fourth-order valence-electron chi connectivity index (χ4n) is 2.32. The maximum Gasteiger partial charge on any atom is 0.194 e. The summed E-state index contributed by atoms with van der Waals surface area (Å²) in [5, 5.41) is 1.08. The maximum absolute atomic E-state index is 5.89. The Morgan fingerprint density at radius 2 is 2.10 bits per heavy atom. The first-order valence-corrected chi connectivity index (χ1v) is 7.87. The molecule has 100 valence electrons. The molecule has 3 heterocycles. The van der Waals surface area contributed by atoms with E-state index >= 15 is 0 Å². The van der Waals surface area contributed by atoms with Gasteiger partial charge in [0.05, 0.1) is 0 Å². The average molecular weight is 347 g/mol. The molecule has 0 bridgehead atoms. The lowest BCUT2D eigenvalue weighted by molar-refractivity contribution is 0.629. The van der Waals surface area contributed by atoms with Gasteiger partial charge in [-0.3, -0.25) is 4.40 Å². The van der Waals surface area contributed by atoms with Crippen molar-refractivity contribution in [2.75, 3.05) is 0 Å². The van der Waals surface area contributed by atoms with Crippen molar-refractivity contribution in [3.8, 4) is 11.5 Å². The Balaban J connectivity index is 1.91.